The number of rotatable bonds is 3. The summed E-state index contributed by atoms with van der Waals surface area (Å²) < 4.78 is 4.51. The molecule has 0 amide bonds. The van der Waals surface area contributed by atoms with E-state index in [0.29, 0.717) is 5.88 Å². The average molecular weight is 163 g/mol. The molecule has 0 radical (unpaired) electrons. The largest absolute Gasteiger partial charge is 0.365 e. The van der Waals surface area contributed by atoms with Crippen molar-refractivity contribution in [3.8, 4) is 0 Å². The van der Waals surface area contributed by atoms with Gasteiger partial charge in [-0.05, 0) is 19.4 Å². The van der Waals surface area contributed by atoms with Crippen LogP contribution in [0.2, 0.25) is 0 Å². The van der Waals surface area contributed by atoms with Crippen LogP contribution in [0.5, 0.6) is 0 Å². The third-order valence-corrected chi connectivity index (χ3v) is 1.15. The summed E-state index contributed by atoms with van der Waals surface area (Å²) in [5.74, 6) is 0.511. The lowest BCUT2D eigenvalue weighted by Crippen LogP contribution is -2.11. The van der Waals surface area contributed by atoms with E-state index in [-0.39, 0.29) is 0 Å². The topological polar surface area (TPSA) is 24.8 Å². The fourth-order valence-electron chi connectivity index (χ4n) is 0.515. The summed E-state index contributed by atoms with van der Waals surface area (Å²) in [5.41, 5.74) is 0.949. The number of allylic oxidation sites excluding steroid dienone is 1. The smallest absolute Gasteiger partial charge is 0.232 e. The maximum Gasteiger partial charge on any atom is 0.232 e. The monoisotopic (exact) mass is 162 g/mol. The molecule has 0 saturated heterocycles. The minimum atomic E-state index is 0.511. The van der Waals surface area contributed by atoms with Gasteiger partial charge in [0.25, 0.3) is 0 Å². The summed E-state index contributed by atoms with van der Waals surface area (Å²) in [7, 11) is 1.71. The standard InChI is InChI=1S/C6H11ClN2O/c1-5(2)6(10-7)9(4)8-3/h3H2,1-2,4H3. The molecule has 0 aromatic rings. The maximum atomic E-state index is 5.15. The summed E-state index contributed by atoms with van der Waals surface area (Å²) >= 11 is 5.15. The quantitative estimate of drug-likeness (QED) is 0.360. The molecule has 10 heavy (non-hydrogen) atoms. The lowest BCUT2D eigenvalue weighted by Gasteiger charge is -2.13. The first-order chi connectivity index (χ1) is 4.63. The lowest BCUT2D eigenvalue weighted by atomic mass is 10.4. The number of nitrogens with zero attached hydrogens (tertiary/aromatic N) is 2. The van der Waals surface area contributed by atoms with Gasteiger partial charge in [-0.2, -0.15) is 5.10 Å². The highest BCUT2D eigenvalue weighted by Crippen LogP contribution is 2.10. The molecule has 4 heteroatoms. The van der Waals surface area contributed by atoms with Crippen molar-refractivity contribution in [3.63, 3.8) is 0 Å². The van der Waals surface area contributed by atoms with Gasteiger partial charge >= 0.3 is 0 Å². The predicted octanol–water partition coefficient (Wildman–Crippen LogP) is 1.96. The van der Waals surface area contributed by atoms with Gasteiger partial charge in [-0.25, -0.2) is 5.01 Å². The van der Waals surface area contributed by atoms with Gasteiger partial charge in [0.15, 0.2) is 0 Å². The molecule has 0 fully saturated rings. The van der Waals surface area contributed by atoms with Crippen molar-refractivity contribution < 1.29 is 4.29 Å². The number of hydrazone groups is 1. The molecule has 0 aromatic heterocycles. The fraction of sp³-hybridized carbons (Fsp3) is 0.500. The highest BCUT2D eigenvalue weighted by Gasteiger charge is 2.03. The van der Waals surface area contributed by atoms with E-state index in [1.807, 2.05) is 13.8 Å². The lowest BCUT2D eigenvalue weighted by molar-refractivity contribution is 0.269. The van der Waals surface area contributed by atoms with Crippen molar-refractivity contribution in [1.82, 2.24) is 5.01 Å². The van der Waals surface area contributed by atoms with E-state index in [1.165, 1.54) is 5.01 Å². The Labute approximate surface area is 66.1 Å². The molecule has 0 bridgehead atoms. The number of hydrogen-bond acceptors (Lipinski definition) is 3. The molecule has 0 rings (SSSR count). The van der Waals surface area contributed by atoms with E-state index in [0.717, 1.165) is 5.57 Å². The molecule has 58 valence electrons. The average Bonchev–Trinajstić information content (AvgIpc) is 1.88. The first kappa shape index (κ1) is 9.30. The van der Waals surface area contributed by atoms with Crippen molar-refractivity contribution in [3.05, 3.63) is 11.5 Å². The van der Waals surface area contributed by atoms with Gasteiger partial charge in [0, 0.05) is 13.8 Å². The summed E-state index contributed by atoms with van der Waals surface area (Å²) in [6.45, 7) is 7.06. The number of hydrogen-bond donors (Lipinski definition) is 0. The van der Waals surface area contributed by atoms with E-state index < -0.39 is 0 Å². The van der Waals surface area contributed by atoms with Crippen LogP contribution in [0.3, 0.4) is 0 Å². The molecule has 0 saturated carbocycles. The minimum Gasteiger partial charge on any atom is -0.365 e. The Bertz CT molecular complexity index is 152. The second-order valence-electron chi connectivity index (χ2n) is 2.05. The second-order valence-corrected chi connectivity index (χ2v) is 2.20. The van der Waals surface area contributed by atoms with Gasteiger partial charge in [0.2, 0.25) is 5.88 Å². The predicted molar refractivity (Wildman–Crippen MR) is 42.6 cm³/mol. The fourth-order valence-corrected chi connectivity index (χ4v) is 0.769. The Morgan fingerprint density at radius 1 is 1.60 bits per heavy atom. The Morgan fingerprint density at radius 3 is 2.20 bits per heavy atom. The van der Waals surface area contributed by atoms with Crippen LogP contribution in [-0.2, 0) is 4.29 Å². The van der Waals surface area contributed by atoms with Crippen LogP contribution in [0.1, 0.15) is 13.8 Å². The molecule has 0 aliphatic carbocycles. The zero-order valence-corrected chi connectivity index (χ0v) is 7.14. The molecule has 0 spiro atoms. The van der Waals surface area contributed by atoms with Crippen LogP contribution in [0.4, 0.5) is 0 Å². The molecular weight excluding hydrogens is 152 g/mol. The van der Waals surface area contributed by atoms with Crippen molar-refractivity contribution in [2.75, 3.05) is 7.05 Å². The van der Waals surface area contributed by atoms with E-state index in [1.54, 1.807) is 7.05 Å². The van der Waals surface area contributed by atoms with E-state index in [9.17, 15) is 0 Å². The second kappa shape index (κ2) is 4.17. The molecule has 0 unspecified atom stereocenters. The summed E-state index contributed by atoms with van der Waals surface area (Å²) in [6.07, 6.45) is 0. The first-order valence-electron chi connectivity index (χ1n) is 2.80. The van der Waals surface area contributed by atoms with Gasteiger partial charge in [-0.1, -0.05) is 0 Å². The molecule has 0 aromatic carbocycles. The van der Waals surface area contributed by atoms with Gasteiger partial charge in [-0.3, -0.25) is 0 Å². The molecular formula is C6H11ClN2O. The third kappa shape index (κ3) is 2.27. The van der Waals surface area contributed by atoms with Crippen molar-refractivity contribution >= 4 is 18.6 Å². The zero-order valence-electron chi connectivity index (χ0n) is 6.39. The molecule has 3 nitrogen and oxygen atoms in total. The molecule has 0 aliphatic rings. The Kier molecular flexibility index (Phi) is 3.88. The summed E-state index contributed by atoms with van der Waals surface area (Å²) in [4.78, 5) is 0. The van der Waals surface area contributed by atoms with E-state index in [2.05, 4.69) is 16.1 Å². The highest BCUT2D eigenvalue weighted by atomic mass is 35.5. The van der Waals surface area contributed by atoms with Crippen molar-refractivity contribution in [1.29, 1.82) is 0 Å². The summed E-state index contributed by atoms with van der Waals surface area (Å²) in [5, 5.41) is 5.06. The Hall–Kier alpha value is -0.700. The summed E-state index contributed by atoms with van der Waals surface area (Å²) in [6, 6.07) is 0. The Balaban J connectivity index is 4.35. The molecule has 0 atom stereocenters. The SMILES string of the molecule is C=NN(C)C(OCl)=C(C)C. The van der Waals surface area contributed by atoms with Gasteiger partial charge in [0.1, 0.15) is 11.9 Å². The highest BCUT2D eigenvalue weighted by molar-refractivity contribution is 6.08. The van der Waals surface area contributed by atoms with Crippen LogP contribution >= 0.6 is 11.9 Å². The molecule has 0 heterocycles. The minimum absolute atomic E-state index is 0.511. The Morgan fingerprint density at radius 2 is 2.10 bits per heavy atom. The van der Waals surface area contributed by atoms with Crippen LogP contribution in [-0.4, -0.2) is 18.8 Å². The zero-order chi connectivity index (χ0) is 8.15. The van der Waals surface area contributed by atoms with Crippen LogP contribution in [0.15, 0.2) is 16.6 Å². The van der Waals surface area contributed by atoms with Crippen molar-refractivity contribution in [2.24, 2.45) is 5.10 Å². The normalized spacial score (nSPS) is 8.40. The van der Waals surface area contributed by atoms with Gasteiger partial charge < -0.3 is 4.29 Å². The molecule has 0 N–H and O–H groups in total. The van der Waals surface area contributed by atoms with E-state index in [4.69, 9.17) is 11.9 Å². The third-order valence-electron chi connectivity index (χ3n) is 1.01. The number of halogens is 1. The van der Waals surface area contributed by atoms with E-state index >= 15 is 0 Å². The van der Waals surface area contributed by atoms with Crippen molar-refractivity contribution in [2.45, 2.75) is 13.8 Å². The van der Waals surface area contributed by atoms with Gasteiger partial charge in [0.05, 0.1) is 0 Å². The van der Waals surface area contributed by atoms with Crippen LogP contribution in [0, 0.1) is 0 Å². The van der Waals surface area contributed by atoms with Crippen LogP contribution in [0.25, 0.3) is 0 Å². The molecule has 0 aliphatic heterocycles. The first-order valence-corrected chi connectivity index (χ1v) is 3.10. The van der Waals surface area contributed by atoms with Crippen LogP contribution < -0.4 is 0 Å². The van der Waals surface area contributed by atoms with Gasteiger partial charge in [-0.15, -0.1) is 0 Å². The maximum absolute atomic E-state index is 5.15.